The first-order chi connectivity index (χ1) is 12.7. The van der Waals surface area contributed by atoms with E-state index in [0.29, 0.717) is 22.4 Å². The second-order valence-corrected chi connectivity index (χ2v) is 7.55. The number of nitrogens with zero attached hydrogens (tertiary/aromatic N) is 3. The van der Waals surface area contributed by atoms with Crippen molar-refractivity contribution in [3.63, 3.8) is 0 Å². The van der Waals surface area contributed by atoms with Gasteiger partial charge in [0.15, 0.2) is 11.5 Å². The van der Waals surface area contributed by atoms with Crippen LogP contribution in [0.25, 0.3) is 11.3 Å². The second-order valence-electron chi connectivity index (χ2n) is 6.40. The van der Waals surface area contributed by atoms with Crippen molar-refractivity contribution in [3.8, 4) is 11.3 Å². The minimum atomic E-state index is -0.210. The van der Waals surface area contributed by atoms with E-state index in [1.165, 1.54) is 11.3 Å². The van der Waals surface area contributed by atoms with Crippen molar-refractivity contribution in [1.29, 1.82) is 0 Å². The van der Waals surface area contributed by atoms with E-state index in [9.17, 15) is 4.79 Å². The molecule has 134 valence electrons. The van der Waals surface area contributed by atoms with Gasteiger partial charge in [-0.3, -0.25) is 4.79 Å². The Morgan fingerprint density at radius 3 is 2.73 bits per heavy atom. The standard InChI is InChI=1S/C18H18N4O3S/c23-10-17-21-20-16(26-17)8-11-6-13(7-11)19-18(24)14-9-15(25-22-14)12-4-2-1-3-5-12/h1-5,9,11,13,23H,6-8,10H2,(H,19,24)/t11-,13+. The monoisotopic (exact) mass is 370 g/mol. The average Bonchev–Trinajstić information content (AvgIpc) is 3.30. The Bertz CT molecular complexity index is 887. The molecule has 7 nitrogen and oxygen atoms in total. The van der Waals surface area contributed by atoms with E-state index in [-0.39, 0.29) is 18.6 Å². The highest BCUT2D eigenvalue weighted by Crippen LogP contribution is 2.31. The van der Waals surface area contributed by atoms with E-state index < -0.39 is 0 Å². The molecule has 0 aliphatic heterocycles. The van der Waals surface area contributed by atoms with Gasteiger partial charge in [0.25, 0.3) is 5.91 Å². The van der Waals surface area contributed by atoms with Crippen LogP contribution >= 0.6 is 11.3 Å². The summed E-state index contributed by atoms with van der Waals surface area (Å²) in [6, 6.07) is 11.4. The Kier molecular flexibility index (Phi) is 4.77. The second kappa shape index (κ2) is 7.35. The van der Waals surface area contributed by atoms with Gasteiger partial charge in [-0.05, 0) is 18.8 Å². The molecule has 4 rings (SSSR count). The average molecular weight is 370 g/mol. The molecular weight excluding hydrogens is 352 g/mol. The van der Waals surface area contributed by atoms with Crippen LogP contribution in [0, 0.1) is 5.92 Å². The lowest BCUT2D eigenvalue weighted by Crippen LogP contribution is -2.45. The Morgan fingerprint density at radius 2 is 2.00 bits per heavy atom. The van der Waals surface area contributed by atoms with Gasteiger partial charge in [-0.25, -0.2) is 0 Å². The number of nitrogens with one attached hydrogen (secondary N) is 1. The molecule has 1 saturated carbocycles. The molecule has 1 amide bonds. The third kappa shape index (κ3) is 3.66. The molecule has 0 saturated heterocycles. The molecule has 2 heterocycles. The summed E-state index contributed by atoms with van der Waals surface area (Å²) in [6.07, 6.45) is 2.65. The van der Waals surface area contributed by atoms with Gasteiger partial charge in [0, 0.05) is 24.1 Å². The first-order valence-corrected chi connectivity index (χ1v) is 9.28. The number of hydrogen-bond acceptors (Lipinski definition) is 7. The van der Waals surface area contributed by atoms with Crippen LogP contribution in [0.5, 0.6) is 0 Å². The predicted molar refractivity (Wildman–Crippen MR) is 95.5 cm³/mol. The van der Waals surface area contributed by atoms with Crippen molar-refractivity contribution in [1.82, 2.24) is 20.7 Å². The molecule has 26 heavy (non-hydrogen) atoms. The van der Waals surface area contributed by atoms with Crippen LogP contribution in [0.15, 0.2) is 40.9 Å². The van der Waals surface area contributed by atoms with Crippen molar-refractivity contribution in [3.05, 3.63) is 52.1 Å². The number of aliphatic hydroxyl groups is 1. The maximum absolute atomic E-state index is 12.3. The van der Waals surface area contributed by atoms with Crippen LogP contribution in [-0.4, -0.2) is 32.4 Å². The SMILES string of the molecule is O=C(N[C@H]1C[C@@H](Cc2nnc(CO)s2)C1)c1cc(-c2ccccc2)on1. The summed E-state index contributed by atoms with van der Waals surface area (Å²) in [5.74, 6) is 0.855. The number of carbonyl (C=O) groups excluding carboxylic acids is 1. The van der Waals surface area contributed by atoms with E-state index in [2.05, 4.69) is 20.7 Å². The van der Waals surface area contributed by atoms with E-state index in [0.717, 1.165) is 29.8 Å². The Morgan fingerprint density at radius 1 is 1.23 bits per heavy atom. The van der Waals surface area contributed by atoms with Crippen LogP contribution in [-0.2, 0) is 13.0 Å². The minimum absolute atomic E-state index is 0.0658. The van der Waals surface area contributed by atoms with Crippen LogP contribution in [0.2, 0.25) is 0 Å². The van der Waals surface area contributed by atoms with Crippen molar-refractivity contribution >= 4 is 17.2 Å². The molecule has 8 heteroatoms. The number of aliphatic hydroxyl groups excluding tert-OH is 1. The maximum Gasteiger partial charge on any atom is 0.273 e. The van der Waals surface area contributed by atoms with Crippen molar-refractivity contribution in [2.24, 2.45) is 5.92 Å². The maximum atomic E-state index is 12.3. The molecule has 0 spiro atoms. The van der Waals surface area contributed by atoms with Crippen LogP contribution in [0.1, 0.15) is 33.3 Å². The first-order valence-electron chi connectivity index (χ1n) is 8.46. The summed E-state index contributed by atoms with van der Waals surface area (Å²) in [4.78, 5) is 12.3. The van der Waals surface area contributed by atoms with E-state index in [1.807, 2.05) is 30.3 Å². The summed E-state index contributed by atoms with van der Waals surface area (Å²) < 4.78 is 5.27. The molecule has 0 bridgehead atoms. The van der Waals surface area contributed by atoms with Gasteiger partial charge in [0.05, 0.1) is 6.61 Å². The lowest BCUT2D eigenvalue weighted by atomic mass is 9.78. The molecule has 1 aliphatic carbocycles. The number of hydrogen-bond donors (Lipinski definition) is 2. The quantitative estimate of drug-likeness (QED) is 0.691. The smallest absolute Gasteiger partial charge is 0.273 e. The summed E-state index contributed by atoms with van der Waals surface area (Å²) in [7, 11) is 0. The van der Waals surface area contributed by atoms with Crippen molar-refractivity contribution < 1.29 is 14.4 Å². The lowest BCUT2D eigenvalue weighted by molar-refractivity contribution is 0.0880. The van der Waals surface area contributed by atoms with Crippen molar-refractivity contribution in [2.75, 3.05) is 0 Å². The molecule has 2 N–H and O–H groups in total. The molecular formula is C18H18N4O3S. The zero-order valence-corrected chi connectivity index (χ0v) is 14.8. The van der Waals surface area contributed by atoms with E-state index in [1.54, 1.807) is 6.07 Å². The molecule has 2 aromatic heterocycles. The fraction of sp³-hybridized carbons (Fsp3) is 0.333. The summed E-state index contributed by atoms with van der Waals surface area (Å²) in [5, 5.41) is 25.5. The zero-order chi connectivity index (χ0) is 17.9. The largest absolute Gasteiger partial charge is 0.389 e. The third-order valence-electron chi connectivity index (χ3n) is 4.48. The van der Waals surface area contributed by atoms with Crippen LogP contribution in [0.3, 0.4) is 0 Å². The van der Waals surface area contributed by atoms with Crippen molar-refractivity contribution in [2.45, 2.75) is 31.9 Å². The highest BCUT2D eigenvalue weighted by Gasteiger charge is 2.32. The van der Waals surface area contributed by atoms with Crippen LogP contribution < -0.4 is 5.32 Å². The number of carbonyl (C=O) groups is 1. The number of rotatable bonds is 6. The third-order valence-corrected chi connectivity index (χ3v) is 5.41. The molecule has 0 atom stereocenters. The van der Waals surface area contributed by atoms with Gasteiger partial charge in [0.1, 0.15) is 10.0 Å². The fourth-order valence-electron chi connectivity index (χ4n) is 3.08. The highest BCUT2D eigenvalue weighted by atomic mass is 32.1. The molecule has 0 radical (unpaired) electrons. The number of amides is 1. The lowest BCUT2D eigenvalue weighted by Gasteiger charge is -2.35. The normalized spacial score (nSPS) is 19.1. The van der Waals surface area contributed by atoms with Gasteiger partial charge in [0.2, 0.25) is 0 Å². The predicted octanol–water partition coefficient (Wildman–Crippen LogP) is 2.44. The molecule has 0 unspecified atom stereocenters. The van der Waals surface area contributed by atoms with Gasteiger partial charge in [-0.15, -0.1) is 10.2 Å². The Balaban J connectivity index is 1.28. The zero-order valence-electron chi connectivity index (χ0n) is 14.0. The van der Waals surface area contributed by atoms with Gasteiger partial charge < -0.3 is 14.9 Å². The Labute approximate surface area is 154 Å². The molecule has 1 aromatic carbocycles. The highest BCUT2D eigenvalue weighted by molar-refractivity contribution is 7.11. The molecule has 3 aromatic rings. The Hall–Kier alpha value is -2.58. The summed E-state index contributed by atoms with van der Waals surface area (Å²) in [6.45, 7) is -0.0658. The fourth-order valence-corrected chi connectivity index (χ4v) is 3.90. The molecule has 1 aliphatic rings. The topological polar surface area (TPSA) is 101 Å². The van der Waals surface area contributed by atoms with Gasteiger partial charge in [-0.1, -0.05) is 46.8 Å². The van der Waals surface area contributed by atoms with E-state index >= 15 is 0 Å². The molecule has 1 fully saturated rings. The van der Waals surface area contributed by atoms with E-state index in [4.69, 9.17) is 9.63 Å². The minimum Gasteiger partial charge on any atom is -0.389 e. The first kappa shape index (κ1) is 16.9. The van der Waals surface area contributed by atoms with Crippen LogP contribution in [0.4, 0.5) is 0 Å². The number of benzene rings is 1. The van der Waals surface area contributed by atoms with Gasteiger partial charge >= 0.3 is 0 Å². The number of aromatic nitrogens is 3. The summed E-state index contributed by atoms with van der Waals surface area (Å²) in [5.41, 5.74) is 1.19. The van der Waals surface area contributed by atoms with Gasteiger partial charge in [-0.2, -0.15) is 0 Å². The summed E-state index contributed by atoms with van der Waals surface area (Å²) >= 11 is 1.44.